The molecule has 96 valence electrons. The molecule has 0 atom stereocenters. The fourth-order valence-electron chi connectivity index (χ4n) is 2.31. The standard InChI is InChI=1S/C14H14N4S/c1-4-13-14(19-9-17-13)5-10(1)16-7-12-6-15-8-18(12)11-2-3-11/h1,4-6,8-9,11,16H,2-3,7H2. The molecule has 0 radical (unpaired) electrons. The number of nitrogens with zero attached hydrogens (tertiary/aromatic N) is 3. The molecular weight excluding hydrogens is 256 g/mol. The van der Waals surface area contributed by atoms with Crippen molar-refractivity contribution in [3.63, 3.8) is 0 Å². The van der Waals surface area contributed by atoms with Gasteiger partial charge in [-0.15, -0.1) is 11.3 Å². The fourth-order valence-corrected chi connectivity index (χ4v) is 3.02. The minimum Gasteiger partial charge on any atom is -0.379 e. The molecule has 0 unspecified atom stereocenters. The lowest BCUT2D eigenvalue weighted by Gasteiger charge is -2.09. The molecular formula is C14H14N4S. The summed E-state index contributed by atoms with van der Waals surface area (Å²) in [5.41, 5.74) is 5.35. The van der Waals surface area contributed by atoms with Crippen LogP contribution in [0.5, 0.6) is 0 Å². The number of rotatable bonds is 4. The van der Waals surface area contributed by atoms with Crippen molar-refractivity contribution in [3.05, 3.63) is 41.9 Å². The van der Waals surface area contributed by atoms with Gasteiger partial charge in [-0.2, -0.15) is 0 Å². The first-order valence-electron chi connectivity index (χ1n) is 6.48. The zero-order chi connectivity index (χ0) is 12.7. The molecule has 0 aliphatic heterocycles. The molecule has 19 heavy (non-hydrogen) atoms. The number of fused-ring (bicyclic) bond motifs is 1. The summed E-state index contributed by atoms with van der Waals surface area (Å²) in [7, 11) is 0. The Hall–Kier alpha value is -1.88. The molecule has 1 aromatic carbocycles. The molecule has 1 aliphatic carbocycles. The van der Waals surface area contributed by atoms with Crippen LogP contribution in [-0.4, -0.2) is 14.5 Å². The summed E-state index contributed by atoms with van der Waals surface area (Å²) < 4.78 is 3.51. The predicted octanol–water partition coefficient (Wildman–Crippen LogP) is 3.44. The zero-order valence-electron chi connectivity index (χ0n) is 10.4. The van der Waals surface area contributed by atoms with Crippen molar-refractivity contribution in [1.82, 2.24) is 14.5 Å². The first kappa shape index (κ1) is 11.0. The van der Waals surface area contributed by atoms with Crippen LogP contribution in [0, 0.1) is 0 Å². The second kappa shape index (κ2) is 4.35. The number of nitrogens with one attached hydrogen (secondary N) is 1. The Balaban J connectivity index is 1.52. The van der Waals surface area contributed by atoms with Crippen LogP contribution >= 0.6 is 11.3 Å². The molecule has 1 N–H and O–H groups in total. The second-order valence-electron chi connectivity index (χ2n) is 4.91. The average Bonchev–Trinajstić information content (AvgIpc) is 3.00. The Morgan fingerprint density at radius 3 is 3.21 bits per heavy atom. The van der Waals surface area contributed by atoms with Crippen molar-refractivity contribution in [1.29, 1.82) is 0 Å². The van der Waals surface area contributed by atoms with E-state index in [1.807, 2.05) is 18.0 Å². The third-order valence-corrected chi connectivity index (χ3v) is 4.28. The summed E-state index contributed by atoms with van der Waals surface area (Å²) in [6.07, 6.45) is 6.48. The Labute approximate surface area is 115 Å². The van der Waals surface area contributed by atoms with Crippen LogP contribution in [0.3, 0.4) is 0 Å². The van der Waals surface area contributed by atoms with Crippen LogP contribution in [0.2, 0.25) is 0 Å². The maximum atomic E-state index is 4.29. The molecule has 0 amide bonds. The molecule has 2 aromatic heterocycles. The summed E-state index contributed by atoms with van der Waals surface area (Å²) in [4.78, 5) is 8.54. The van der Waals surface area contributed by atoms with Gasteiger partial charge in [-0.05, 0) is 31.0 Å². The van der Waals surface area contributed by atoms with Crippen molar-refractivity contribution >= 4 is 27.2 Å². The van der Waals surface area contributed by atoms with Gasteiger partial charge in [0.2, 0.25) is 0 Å². The molecule has 3 aromatic rings. The van der Waals surface area contributed by atoms with Gasteiger partial charge < -0.3 is 9.88 Å². The zero-order valence-corrected chi connectivity index (χ0v) is 11.2. The Morgan fingerprint density at radius 2 is 2.32 bits per heavy atom. The maximum absolute atomic E-state index is 4.29. The molecule has 0 spiro atoms. The van der Waals surface area contributed by atoms with E-state index in [4.69, 9.17) is 0 Å². The van der Waals surface area contributed by atoms with Gasteiger partial charge in [-0.25, -0.2) is 9.97 Å². The summed E-state index contributed by atoms with van der Waals surface area (Å²) in [6, 6.07) is 6.99. The molecule has 4 nitrogen and oxygen atoms in total. The van der Waals surface area contributed by atoms with Crippen LogP contribution in [0.4, 0.5) is 5.69 Å². The highest BCUT2D eigenvalue weighted by Gasteiger charge is 2.24. The van der Waals surface area contributed by atoms with E-state index >= 15 is 0 Å². The normalized spacial score (nSPS) is 14.9. The van der Waals surface area contributed by atoms with Gasteiger partial charge in [0, 0.05) is 17.9 Å². The summed E-state index contributed by atoms with van der Waals surface area (Å²) in [5, 5.41) is 3.47. The molecule has 4 rings (SSSR count). The number of anilines is 1. The van der Waals surface area contributed by atoms with E-state index in [0.717, 1.165) is 17.7 Å². The van der Waals surface area contributed by atoms with Gasteiger partial charge in [0.25, 0.3) is 0 Å². The monoisotopic (exact) mass is 270 g/mol. The van der Waals surface area contributed by atoms with Crippen molar-refractivity contribution in [2.24, 2.45) is 0 Å². The van der Waals surface area contributed by atoms with Gasteiger partial charge in [-0.1, -0.05) is 0 Å². The average molecular weight is 270 g/mol. The summed E-state index contributed by atoms with van der Waals surface area (Å²) in [6.45, 7) is 0.820. The lowest BCUT2D eigenvalue weighted by atomic mass is 10.3. The van der Waals surface area contributed by atoms with E-state index in [-0.39, 0.29) is 0 Å². The molecule has 0 saturated heterocycles. The van der Waals surface area contributed by atoms with E-state index in [1.165, 1.54) is 23.2 Å². The van der Waals surface area contributed by atoms with E-state index in [9.17, 15) is 0 Å². The van der Waals surface area contributed by atoms with E-state index in [0.29, 0.717) is 6.04 Å². The van der Waals surface area contributed by atoms with E-state index in [1.54, 1.807) is 11.3 Å². The highest BCUT2D eigenvalue weighted by atomic mass is 32.1. The highest BCUT2D eigenvalue weighted by molar-refractivity contribution is 7.16. The van der Waals surface area contributed by atoms with Crippen molar-refractivity contribution in [3.8, 4) is 0 Å². The van der Waals surface area contributed by atoms with Crippen molar-refractivity contribution < 1.29 is 0 Å². The third-order valence-electron chi connectivity index (χ3n) is 3.49. The molecule has 1 fully saturated rings. The van der Waals surface area contributed by atoms with Gasteiger partial charge in [-0.3, -0.25) is 0 Å². The predicted molar refractivity (Wildman–Crippen MR) is 77.4 cm³/mol. The number of imidazole rings is 1. The topological polar surface area (TPSA) is 42.7 Å². The Morgan fingerprint density at radius 1 is 1.37 bits per heavy atom. The van der Waals surface area contributed by atoms with Crippen molar-refractivity contribution in [2.45, 2.75) is 25.4 Å². The lowest BCUT2D eigenvalue weighted by molar-refractivity contribution is 0.701. The van der Waals surface area contributed by atoms with Crippen LogP contribution in [0.25, 0.3) is 10.2 Å². The number of aromatic nitrogens is 3. The van der Waals surface area contributed by atoms with Crippen LogP contribution < -0.4 is 5.32 Å². The lowest BCUT2D eigenvalue weighted by Crippen LogP contribution is -2.05. The number of benzene rings is 1. The van der Waals surface area contributed by atoms with Gasteiger partial charge >= 0.3 is 0 Å². The fraction of sp³-hybridized carbons (Fsp3) is 0.286. The molecule has 1 aliphatic rings. The molecule has 0 bridgehead atoms. The number of hydrogen-bond acceptors (Lipinski definition) is 4. The van der Waals surface area contributed by atoms with Crippen LogP contribution in [-0.2, 0) is 6.54 Å². The molecule has 5 heteroatoms. The molecule has 2 heterocycles. The third kappa shape index (κ3) is 2.10. The maximum Gasteiger partial charge on any atom is 0.0951 e. The number of thiazole rings is 1. The SMILES string of the molecule is c1nc2ccc(NCc3cncn3C3CC3)cc2s1. The van der Waals surface area contributed by atoms with Crippen LogP contribution in [0.1, 0.15) is 24.6 Å². The van der Waals surface area contributed by atoms with E-state index < -0.39 is 0 Å². The Bertz CT molecular complexity index is 711. The first-order chi connectivity index (χ1) is 9.40. The van der Waals surface area contributed by atoms with Gasteiger partial charge in [0.05, 0.1) is 34.3 Å². The smallest absolute Gasteiger partial charge is 0.0951 e. The highest BCUT2D eigenvalue weighted by Crippen LogP contribution is 2.35. The Kier molecular flexibility index (Phi) is 2.51. The molecule has 1 saturated carbocycles. The minimum absolute atomic E-state index is 0.684. The second-order valence-corrected chi connectivity index (χ2v) is 5.80. The number of hydrogen-bond donors (Lipinski definition) is 1. The quantitative estimate of drug-likeness (QED) is 0.789. The summed E-state index contributed by atoms with van der Waals surface area (Å²) in [5.74, 6) is 0. The van der Waals surface area contributed by atoms with E-state index in [2.05, 4.69) is 38.1 Å². The largest absolute Gasteiger partial charge is 0.379 e. The van der Waals surface area contributed by atoms with Crippen LogP contribution in [0.15, 0.2) is 36.2 Å². The minimum atomic E-state index is 0.684. The van der Waals surface area contributed by atoms with Gasteiger partial charge in [0.15, 0.2) is 0 Å². The first-order valence-corrected chi connectivity index (χ1v) is 7.36. The van der Waals surface area contributed by atoms with Gasteiger partial charge in [0.1, 0.15) is 0 Å². The summed E-state index contributed by atoms with van der Waals surface area (Å²) >= 11 is 1.67. The van der Waals surface area contributed by atoms with Crippen molar-refractivity contribution in [2.75, 3.05) is 5.32 Å².